The zero-order valence-electron chi connectivity index (χ0n) is 15.4. The van der Waals surface area contributed by atoms with E-state index in [0.29, 0.717) is 12.2 Å². The monoisotopic (exact) mass is 348 g/mol. The van der Waals surface area contributed by atoms with Gasteiger partial charge < -0.3 is 4.74 Å². The first-order valence-electron chi connectivity index (χ1n) is 9.87. The summed E-state index contributed by atoms with van der Waals surface area (Å²) in [6.45, 7) is 4.22. The molecule has 3 heteroatoms. The molecular weight excluding hydrogens is 318 g/mol. The maximum Gasteiger partial charge on any atom is 0.200 e. The molecule has 0 spiro atoms. The Kier molecular flexibility index (Phi) is 6.14. The summed E-state index contributed by atoms with van der Waals surface area (Å²) in [5.74, 6) is 0.985. The van der Waals surface area contributed by atoms with E-state index in [1.165, 1.54) is 19.3 Å². The van der Waals surface area contributed by atoms with Crippen LogP contribution in [0.1, 0.15) is 70.3 Å². The maximum absolute atomic E-state index is 14.4. The van der Waals surface area contributed by atoms with Crippen LogP contribution < -0.4 is 4.74 Å². The molecule has 25 heavy (non-hydrogen) atoms. The highest BCUT2D eigenvalue weighted by Crippen LogP contribution is 2.46. The van der Waals surface area contributed by atoms with Crippen molar-refractivity contribution < 1.29 is 13.5 Å². The summed E-state index contributed by atoms with van der Waals surface area (Å²) in [5, 5.41) is 0. The van der Waals surface area contributed by atoms with E-state index in [4.69, 9.17) is 4.74 Å². The quantitative estimate of drug-likeness (QED) is 0.543. The van der Waals surface area contributed by atoms with Gasteiger partial charge in [0.1, 0.15) is 0 Å². The Labute approximate surface area is 150 Å². The van der Waals surface area contributed by atoms with E-state index < -0.39 is 11.6 Å². The number of halogens is 2. The fraction of sp³-hybridized carbons (Fsp3) is 0.636. The summed E-state index contributed by atoms with van der Waals surface area (Å²) in [6, 6.07) is 3.31. The van der Waals surface area contributed by atoms with Crippen LogP contribution >= 0.6 is 0 Å². The second-order valence-corrected chi connectivity index (χ2v) is 7.68. The Morgan fingerprint density at radius 2 is 1.72 bits per heavy atom. The summed E-state index contributed by atoms with van der Waals surface area (Å²) >= 11 is 0. The average Bonchev–Trinajstić information content (AvgIpc) is 3.09. The second kappa shape index (κ2) is 8.33. The minimum atomic E-state index is -0.827. The zero-order valence-corrected chi connectivity index (χ0v) is 15.4. The van der Waals surface area contributed by atoms with Crippen LogP contribution in [0.2, 0.25) is 0 Å². The summed E-state index contributed by atoms with van der Waals surface area (Å²) < 4.78 is 33.7. The van der Waals surface area contributed by atoms with E-state index in [2.05, 4.69) is 19.1 Å². The number of hydrogen-bond donors (Lipinski definition) is 0. The van der Waals surface area contributed by atoms with Gasteiger partial charge in [0.25, 0.3) is 0 Å². The maximum atomic E-state index is 14.4. The van der Waals surface area contributed by atoms with Crippen molar-refractivity contribution in [1.29, 1.82) is 0 Å². The number of rotatable bonds is 5. The van der Waals surface area contributed by atoms with Crippen molar-refractivity contribution in [2.24, 2.45) is 17.8 Å². The molecule has 1 aromatic rings. The van der Waals surface area contributed by atoms with Gasteiger partial charge in [0.2, 0.25) is 5.82 Å². The summed E-state index contributed by atoms with van der Waals surface area (Å²) in [5.41, 5.74) is 0.539. The third kappa shape index (κ3) is 4.07. The van der Waals surface area contributed by atoms with Crippen LogP contribution in [0.4, 0.5) is 8.78 Å². The molecule has 2 aliphatic carbocycles. The second-order valence-electron chi connectivity index (χ2n) is 7.68. The van der Waals surface area contributed by atoms with Crippen LogP contribution in [0.15, 0.2) is 24.3 Å². The minimum absolute atomic E-state index is 0.0263. The SMILES string of the molecule is CC=CC1CCC(C2CCC(c3ccc(OCC)c(F)c3F)CC2)C1. The lowest BCUT2D eigenvalue weighted by Gasteiger charge is -2.32. The Morgan fingerprint density at radius 1 is 1.00 bits per heavy atom. The standard InChI is InChI=1S/C22H30F2O/c1-3-5-15-6-7-18(14-15)16-8-10-17(11-9-16)19-12-13-20(25-4-2)22(24)21(19)23/h3,5,12-13,15-18H,4,6-11,14H2,1-2H3. The molecule has 0 bridgehead atoms. The van der Waals surface area contributed by atoms with Crippen LogP contribution in [0.25, 0.3) is 0 Å². The molecule has 0 amide bonds. The smallest absolute Gasteiger partial charge is 0.200 e. The third-order valence-electron chi connectivity index (χ3n) is 6.23. The van der Waals surface area contributed by atoms with Gasteiger partial charge in [-0.05, 0) is 94.1 Å². The molecule has 3 rings (SSSR count). The number of benzene rings is 1. The van der Waals surface area contributed by atoms with E-state index in [-0.39, 0.29) is 11.7 Å². The Bertz CT molecular complexity index is 602. The van der Waals surface area contributed by atoms with E-state index >= 15 is 0 Å². The molecule has 0 aromatic heterocycles. The first kappa shape index (κ1) is 18.4. The van der Waals surface area contributed by atoms with Crippen LogP contribution in [0, 0.1) is 29.4 Å². The lowest BCUT2D eigenvalue weighted by molar-refractivity contribution is 0.230. The molecule has 2 unspecified atom stereocenters. The molecule has 2 atom stereocenters. The first-order valence-corrected chi connectivity index (χ1v) is 9.87. The Hall–Kier alpha value is -1.38. The number of ether oxygens (including phenoxy) is 1. The van der Waals surface area contributed by atoms with E-state index in [0.717, 1.165) is 43.4 Å². The molecule has 2 aliphatic rings. The van der Waals surface area contributed by atoms with Crippen molar-refractivity contribution >= 4 is 0 Å². The van der Waals surface area contributed by atoms with Gasteiger partial charge in [0.15, 0.2) is 11.6 Å². The Morgan fingerprint density at radius 3 is 2.40 bits per heavy atom. The van der Waals surface area contributed by atoms with Gasteiger partial charge >= 0.3 is 0 Å². The van der Waals surface area contributed by atoms with E-state index in [1.54, 1.807) is 19.1 Å². The van der Waals surface area contributed by atoms with Crippen molar-refractivity contribution in [2.45, 2.75) is 64.7 Å². The van der Waals surface area contributed by atoms with E-state index in [9.17, 15) is 8.78 Å². The van der Waals surface area contributed by atoms with Crippen LogP contribution in [-0.4, -0.2) is 6.61 Å². The molecule has 0 radical (unpaired) electrons. The summed E-state index contributed by atoms with van der Waals surface area (Å²) in [7, 11) is 0. The van der Waals surface area contributed by atoms with Crippen molar-refractivity contribution in [3.05, 3.63) is 41.5 Å². The molecule has 1 aromatic carbocycles. The van der Waals surface area contributed by atoms with Crippen LogP contribution in [-0.2, 0) is 0 Å². The van der Waals surface area contributed by atoms with Gasteiger partial charge in [0.05, 0.1) is 6.61 Å². The van der Waals surface area contributed by atoms with Gasteiger partial charge in [-0.1, -0.05) is 18.2 Å². The predicted molar refractivity (Wildman–Crippen MR) is 97.9 cm³/mol. The number of hydrogen-bond acceptors (Lipinski definition) is 1. The lowest BCUT2D eigenvalue weighted by atomic mass is 9.73. The van der Waals surface area contributed by atoms with E-state index in [1.807, 2.05) is 0 Å². The third-order valence-corrected chi connectivity index (χ3v) is 6.23. The molecule has 0 N–H and O–H groups in total. The van der Waals surface area contributed by atoms with Crippen LogP contribution in [0.3, 0.4) is 0 Å². The molecular formula is C22H30F2O. The van der Waals surface area contributed by atoms with Crippen molar-refractivity contribution in [1.82, 2.24) is 0 Å². The Balaban J connectivity index is 1.60. The van der Waals surface area contributed by atoms with Gasteiger partial charge in [-0.15, -0.1) is 0 Å². The highest BCUT2D eigenvalue weighted by atomic mass is 19.2. The molecule has 138 valence electrons. The molecule has 2 saturated carbocycles. The molecule has 1 nitrogen and oxygen atoms in total. The van der Waals surface area contributed by atoms with Crippen molar-refractivity contribution in [3.8, 4) is 5.75 Å². The average molecular weight is 348 g/mol. The lowest BCUT2D eigenvalue weighted by Crippen LogP contribution is -2.20. The molecule has 0 heterocycles. The van der Waals surface area contributed by atoms with Crippen LogP contribution in [0.5, 0.6) is 5.75 Å². The normalized spacial score (nSPS) is 30.1. The topological polar surface area (TPSA) is 9.23 Å². The fourth-order valence-electron chi connectivity index (χ4n) is 4.96. The van der Waals surface area contributed by atoms with Crippen molar-refractivity contribution in [2.75, 3.05) is 6.61 Å². The van der Waals surface area contributed by atoms with Gasteiger partial charge in [-0.2, -0.15) is 4.39 Å². The summed E-state index contributed by atoms with van der Waals surface area (Å²) in [4.78, 5) is 0. The fourth-order valence-corrected chi connectivity index (χ4v) is 4.96. The highest BCUT2D eigenvalue weighted by molar-refractivity contribution is 5.33. The largest absolute Gasteiger partial charge is 0.491 e. The van der Waals surface area contributed by atoms with Gasteiger partial charge in [0, 0.05) is 0 Å². The summed E-state index contributed by atoms with van der Waals surface area (Å²) in [6.07, 6.45) is 12.7. The minimum Gasteiger partial charge on any atom is -0.491 e. The number of allylic oxidation sites excluding steroid dienone is 2. The van der Waals surface area contributed by atoms with Gasteiger partial charge in [-0.25, -0.2) is 4.39 Å². The van der Waals surface area contributed by atoms with Gasteiger partial charge in [-0.3, -0.25) is 0 Å². The molecule has 0 aliphatic heterocycles. The predicted octanol–water partition coefficient (Wildman–Crippen LogP) is 6.63. The van der Waals surface area contributed by atoms with Crippen molar-refractivity contribution in [3.63, 3.8) is 0 Å². The zero-order chi connectivity index (χ0) is 17.8. The first-order chi connectivity index (χ1) is 12.1. The molecule has 0 saturated heterocycles. The highest BCUT2D eigenvalue weighted by Gasteiger charge is 2.33. The molecule has 2 fully saturated rings.